The van der Waals surface area contributed by atoms with Gasteiger partial charge in [-0.05, 0) is 38.8 Å². The quantitative estimate of drug-likeness (QED) is 0.878. The molecule has 2 rings (SSSR count). The van der Waals surface area contributed by atoms with Crippen LogP contribution in [0.4, 0.5) is 0 Å². The summed E-state index contributed by atoms with van der Waals surface area (Å²) in [5.41, 5.74) is 1.03. The maximum Gasteiger partial charge on any atom is 0.237 e. The van der Waals surface area contributed by atoms with Crippen LogP contribution in [0.3, 0.4) is 0 Å². The van der Waals surface area contributed by atoms with Crippen molar-refractivity contribution in [1.29, 1.82) is 0 Å². The van der Waals surface area contributed by atoms with Gasteiger partial charge in [0.25, 0.3) is 0 Å². The molecule has 0 bridgehead atoms. The Bertz CT molecular complexity index is 491. The van der Waals surface area contributed by atoms with Gasteiger partial charge in [-0.1, -0.05) is 37.3 Å². The molecule has 1 amide bonds. The zero-order chi connectivity index (χ0) is 16.2. The molecule has 2 N–H and O–H groups in total. The maximum absolute atomic E-state index is 12.5. The van der Waals surface area contributed by atoms with Crippen molar-refractivity contribution in [2.24, 2.45) is 5.41 Å². The van der Waals surface area contributed by atoms with Gasteiger partial charge in [0.05, 0.1) is 12.1 Å². The fourth-order valence-corrected chi connectivity index (χ4v) is 3.14. The molecule has 1 heterocycles. The zero-order valence-electron chi connectivity index (χ0n) is 13.9. The molecule has 3 unspecified atom stereocenters. The first kappa shape index (κ1) is 17.0. The molecule has 0 radical (unpaired) electrons. The Hall–Kier alpha value is -1.39. The summed E-state index contributed by atoms with van der Waals surface area (Å²) in [5, 5.41) is 12.7. The minimum Gasteiger partial charge on any atom is -0.396 e. The fourth-order valence-electron chi connectivity index (χ4n) is 3.14. The highest BCUT2D eigenvalue weighted by Gasteiger charge is 2.34. The third-order valence-corrected chi connectivity index (χ3v) is 4.78. The van der Waals surface area contributed by atoms with E-state index < -0.39 is 0 Å². The predicted octanol–water partition coefficient (Wildman–Crippen LogP) is 2.35. The van der Waals surface area contributed by atoms with Crippen molar-refractivity contribution < 1.29 is 9.90 Å². The molecule has 0 saturated carbocycles. The van der Waals surface area contributed by atoms with Gasteiger partial charge in [-0.15, -0.1) is 0 Å². The van der Waals surface area contributed by atoms with Crippen LogP contribution >= 0.6 is 0 Å². The number of benzene rings is 1. The molecular weight excluding hydrogens is 276 g/mol. The molecule has 4 nitrogen and oxygen atoms in total. The summed E-state index contributed by atoms with van der Waals surface area (Å²) in [5.74, 6) is 0.0542. The molecule has 0 aliphatic carbocycles. The topological polar surface area (TPSA) is 52.6 Å². The number of rotatable bonds is 5. The van der Waals surface area contributed by atoms with Crippen molar-refractivity contribution in [2.45, 2.75) is 45.7 Å². The largest absolute Gasteiger partial charge is 0.396 e. The molecule has 1 aromatic carbocycles. The average molecular weight is 304 g/mol. The number of piperidine rings is 1. The number of carbonyl (C=O) groups excluding carboxylic acids is 1. The number of nitrogens with one attached hydrogen (secondary N) is 1. The first-order valence-corrected chi connectivity index (χ1v) is 8.15. The third kappa shape index (κ3) is 4.08. The van der Waals surface area contributed by atoms with E-state index in [1.165, 1.54) is 0 Å². The van der Waals surface area contributed by atoms with Crippen LogP contribution in [0.5, 0.6) is 0 Å². The van der Waals surface area contributed by atoms with E-state index >= 15 is 0 Å². The molecule has 1 aromatic rings. The lowest BCUT2D eigenvalue weighted by atomic mass is 9.82. The van der Waals surface area contributed by atoms with Crippen LogP contribution in [-0.4, -0.2) is 41.7 Å². The predicted molar refractivity (Wildman–Crippen MR) is 88.5 cm³/mol. The Morgan fingerprint density at radius 1 is 1.36 bits per heavy atom. The number of aliphatic hydroxyl groups excluding tert-OH is 1. The Balaban J connectivity index is 1.94. The monoisotopic (exact) mass is 304 g/mol. The smallest absolute Gasteiger partial charge is 0.237 e. The van der Waals surface area contributed by atoms with Crippen molar-refractivity contribution in [3.63, 3.8) is 0 Å². The normalized spacial score (nSPS) is 25.5. The van der Waals surface area contributed by atoms with Crippen molar-refractivity contribution in [1.82, 2.24) is 10.2 Å². The van der Waals surface area contributed by atoms with Crippen LogP contribution in [0.15, 0.2) is 30.3 Å². The van der Waals surface area contributed by atoms with Gasteiger partial charge in [-0.2, -0.15) is 0 Å². The van der Waals surface area contributed by atoms with Crippen molar-refractivity contribution in [3.05, 3.63) is 35.9 Å². The van der Waals surface area contributed by atoms with Crippen LogP contribution in [-0.2, 0) is 4.79 Å². The SMILES string of the molecule is CC(NC(=O)C(C)N1CCCC(C)(CO)C1)c1ccccc1. The molecule has 122 valence electrons. The second-order valence-corrected chi connectivity index (χ2v) is 6.86. The zero-order valence-corrected chi connectivity index (χ0v) is 13.9. The standard InChI is InChI=1S/C18H28N2O2/c1-14(16-8-5-4-6-9-16)19-17(22)15(2)20-11-7-10-18(3,12-20)13-21/h4-6,8-9,14-15,21H,7,10-13H2,1-3H3,(H,19,22). The number of hydrogen-bond donors (Lipinski definition) is 2. The Morgan fingerprint density at radius 2 is 2.05 bits per heavy atom. The van der Waals surface area contributed by atoms with E-state index in [4.69, 9.17) is 0 Å². The van der Waals surface area contributed by atoms with Crippen molar-refractivity contribution >= 4 is 5.91 Å². The molecule has 1 saturated heterocycles. The first-order valence-electron chi connectivity index (χ1n) is 8.15. The molecule has 1 aliphatic rings. The van der Waals surface area contributed by atoms with Gasteiger partial charge in [0.2, 0.25) is 5.91 Å². The second kappa shape index (κ2) is 7.25. The number of nitrogens with zero attached hydrogens (tertiary/aromatic N) is 1. The van der Waals surface area contributed by atoms with E-state index in [0.29, 0.717) is 0 Å². The number of amides is 1. The summed E-state index contributed by atoms with van der Waals surface area (Å²) in [6, 6.07) is 9.84. The molecule has 22 heavy (non-hydrogen) atoms. The molecule has 4 heteroatoms. The van der Waals surface area contributed by atoms with Crippen molar-refractivity contribution in [3.8, 4) is 0 Å². The maximum atomic E-state index is 12.5. The highest BCUT2D eigenvalue weighted by atomic mass is 16.3. The highest BCUT2D eigenvalue weighted by molar-refractivity contribution is 5.81. The van der Waals surface area contributed by atoms with Gasteiger partial charge >= 0.3 is 0 Å². The molecular formula is C18H28N2O2. The van der Waals surface area contributed by atoms with Crippen LogP contribution < -0.4 is 5.32 Å². The summed E-state index contributed by atoms with van der Waals surface area (Å²) in [6.45, 7) is 7.93. The lowest BCUT2D eigenvalue weighted by molar-refractivity contribution is -0.128. The summed E-state index contributed by atoms with van der Waals surface area (Å²) in [7, 11) is 0. The van der Waals surface area contributed by atoms with Gasteiger partial charge in [0.1, 0.15) is 0 Å². The van der Waals surface area contributed by atoms with Crippen LogP contribution in [0.1, 0.15) is 45.2 Å². The second-order valence-electron chi connectivity index (χ2n) is 6.86. The van der Waals surface area contributed by atoms with E-state index in [1.807, 2.05) is 44.2 Å². The number of likely N-dealkylation sites (tertiary alicyclic amines) is 1. The van der Waals surface area contributed by atoms with Crippen LogP contribution in [0, 0.1) is 5.41 Å². The lowest BCUT2D eigenvalue weighted by Crippen LogP contribution is -2.52. The minimum absolute atomic E-state index is 0.00478. The van der Waals surface area contributed by atoms with Gasteiger partial charge in [0, 0.05) is 18.6 Å². The van der Waals surface area contributed by atoms with Crippen LogP contribution in [0.25, 0.3) is 0 Å². The summed E-state index contributed by atoms with van der Waals surface area (Å²) in [4.78, 5) is 14.7. The Morgan fingerprint density at radius 3 is 2.68 bits per heavy atom. The average Bonchev–Trinajstić information content (AvgIpc) is 2.55. The number of carbonyl (C=O) groups is 1. The van der Waals surface area contributed by atoms with Crippen molar-refractivity contribution in [2.75, 3.05) is 19.7 Å². The molecule has 1 fully saturated rings. The highest BCUT2D eigenvalue weighted by Crippen LogP contribution is 2.29. The molecule has 3 atom stereocenters. The third-order valence-electron chi connectivity index (χ3n) is 4.78. The lowest BCUT2D eigenvalue weighted by Gasteiger charge is -2.41. The van der Waals surface area contributed by atoms with Gasteiger partial charge in [-0.3, -0.25) is 9.69 Å². The minimum atomic E-state index is -0.169. The summed E-state index contributed by atoms with van der Waals surface area (Å²) >= 11 is 0. The summed E-state index contributed by atoms with van der Waals surface area (Å²) < 4.78 is 0. The van der Waals surface area contributed by atoms with E-state index in [2.05, 4.69) is 17.1 Å². The molecule has 0 aromatic heterocycles. The van der Waals surface area contributed by atoms with Gasteiger partial charge in [0.15, 0.2) is 0 Å². The summed E-state index contributed by atoms with van der Waals surface area (Å²) in [6.07, 6.45) is 2.05. The van der Waals surface area contributed by atoms with Gasteiger partial charge in [-0.25, -0.2) is 0 Å². The van der Waals surface area contributed by atoms with E-state index in [9.17, 15) is 9.90 Å². The Labute approximate surface area is 133 Å². The van der Waals surface area contributed by atoms with E-state index in [-0.39, 0.29) is 30.0 Å². The molecule has 1 aliphatic heterocycles. The van der Waals surface area contributed by atoms with Gasteiger partial charge < -0.3 is 10.4 Å². The van der Waals surface area contributed by atoms with E-state index in [1.54, 1.807) is 0 Å². The number of hydrogen-bond acceptors (Lipinski definition) is 3. The van der Waals surface area contributed by atoms with Crippen LogP contribution in [0.2, 0.25) is 0 Å². The molecule has 0 spiro atoms. The fraction of sp³-hybridized carbons (Fsp3) is 0.611. The Kier molecular flexibility index (Phi) is 5.59. The first-order chi connectivity index (χ1) is 10.4. The number of aliphatic hydroxyl groups is 1. The van der Waals surface area contributed by atoms with E-state index in [0.717, 1.165) is 31.5 Å².